The second kappa shape index (κ2) is 19.5. The van der Waals surface area contributed by atoms with E-state index in [1.807, 2.05) is 0 Å². The molecule has 4 aromatic rings. The zero-order valence-corrected chi connectivity index (χ0v) is 33.9. The topological polar surface area (TPSA) is 173 Å². The van der Waals surface area contributed by atoms with Crippen molar-refractivity contribution in [1.82, 2.24) is 24.6 Å². The van der Waals surface area contributed by atoms with Gasteiger partial charge in [-0.05, 0) is 37.0 Å². The van der Waals surface area contributed by atoms with Crippen molar-refractivity contribution < 1.29 is 94.5 Å². The molecule has 0 spiro atoms. The highest BCUT2D eigenvalue weighted by Gasteiger charge is 2.90. The Bertz CT molecular complexity index is 2280. The molecule has 0 bridgehead atoms. The molecule has 13 nitrogen and oxygen atoms in total. The number of alkyl halides is 13. The van der Waals surface area contributed by atoms with Gasteiger partial charge in [-0.15, -0.1) is 0 Å². The summed E-state index contributed by atoms with van der Waals surface area (Å²) in [4.78, 5) is 24.6. The Kier molecular flexibility index (Phi) is 15.4. The molecule has 1 unspecified atom stereocenters. The largest absolute Gasteiger partial charge is 0.465 e. The summed E-state index contributed by atoms with van der Waals surface area (Å²) in [5.41, 5.74) is 6.18. The predicted molar refractivity (Wildman–Crippen MR) is 197 cm³/mol. The number of aromatic nitrogens is 4. The quantitative estimate of drug-likeness (QED) is 0.0225. The number of imidazole rings is 1. The summed E-state index contributed by atoms with van der Waals surface area (Å²) in [5, 5.41) is 13.4. The number of esters is 1. The first-order chi connectivity index (χ1) is 30.1. The maximum Gasteiger partial charge on any atom is 0.460 e. The lowest BCUT2D eigenvalue weighted by Gasteiger charge is -2.39. The standard InChI is InChI=1S/C37H37F14N6O7P/c38-31-54-28(52)27-29(55-31)57(20-53-27)26-18-24(58)25(63-26)19-62-65(60,64-22-13-7-4-8-14-22)56-23(17-21-11-5-3-6-12-21)30(59)61-16-10-2-1-9-15-32(39,40)33(41,42)34(43,44)35(45,46)36(47,48)37(49,50)51/h3-8,11-14,20,23-26,58H,1-2,9-10,15-19H2,(H,56,60)(H2,52,54,55)/t23-,24-,25+,26+,65?/m0/s1. The average Bonchev–Trinajstić information content (AvgIpc) is 3.82. The lowest BCUT2D eigenvalue weighted by Crippen LogP contribution is -2.70. The number of fused-ring (bicyclic) bond motifs is 1. The van der Waals surface area contributed by atoms with E-state index in [-0.39, 0.29) is 48.4 Å². The summed E-state index contributed by atoms with van der Waals surface area (Å²) in [5.74, 6) is -38.7. The number of nitrogens with zero attached hydrogens (tertiary/aromatic N) is 4. The SMILES string of the molecule is Nc1nc(F)nc2c1ncn2[C@H]1C[C@H](O)[C@@H](COP(=O)(N[C@@H](Cc2ccccc2)C(=O)OCCCCCCC(F)(F)C(F)(F)C(F)(F)C(F)(F)C(F)(F)C(F)(F)F)Oc2ccccc2)O1. The molecule has 1 aliphatic rings. The van der Waals surface area contributed by atoms with E-state index in [0.29, 0.717) is 5.56 Å². The molecule has 0 radical (unpaired) electrons. The summed E-state index contributed by atoms with van der Waals surface area (Å²) in [6, 6.07) is 13.9. The Balaban J connectivity index is 1.22. The van der Waals surface area contributed by atoms with Gasteiger partial charge in [0.2, 0.25) is 0 Å². The number of ether oxygens (including phenoxy) is 2. The zero-order chi connectivity index (χ0) is 48.2. The number of nitrogen functional groups attached to an aromatic ring is 1. The van der Waals surface area contributed by atoms with Gasteiger partial charge in [-0.1, -0.05) is 61.4 Å². The summed E-state index contributed by atoms with van der Waals surface area (Å²) in [6.45, 7) is -1.20. The minimum atomic E-state index is -7.99. The van der Waals surface area contributed by atoms with Crippen molar-refractivity contribution in [2.45, 2.75) is 105 Å². The van der Waals surface area contributed by atoms with Crippen LogP contribution in [0.15, 0.2) is 67.0 Å². The Morgan fingerprint density at radius 1 is 0.862 bits per heavy atom. The number of anilines is 1. The Hall–Kier alpha value is -4.85. The second-order valence-corrected chi connectivity index (χ2v) is 16.2. The highest BCUT2D eigenvalue weighted by atomic mass is 31.2. The molecule has 360 valence electrons. The monoisotopic (exact) mass is 974 g/mol. The molecule has 5 atom stereocenters. The van der Waals surface area contributed by atoms with Crippen molar-refractivity contribution in [3.8, 4) is 5.75 Å². The lowest BCUT2D eigenvalue weighted by molar-refractivity contribution is -0.440. The van der Waals surface area contributed by atoms with Gasteiger partial charge in [0.05, 0.1) is 25.6 Å². The van der Waals surface area contributed by atoms with Crippen LogP contribution in [0, 0.1) is 6.08 Å². The minimum Gasteiger partial charge on any atom is -0.465 e. The first kappa shape index (κ1) is 51.1. The normalized spacial score (nSPS) is 19.3. The van der Waals surface area contributed by atoms with E-state index in [0.717, 1.165) is 0 Å². The van der Waals surface area contributed by atoms with E-state index in [9.17, 15) is 75.9 Å². The van der Waals surface area contributed by atoms with Crippen LogP contribution in [0.1, 0.15) is 50.3 Å². The molecule has 65 heavy (non-hydrogen) atoms. The van der Waals surface area contributed by atoms with Crippen LogP contribution >= 0.6 is 7.75 Å². The molecule has 0 aliphatic carbocycles. The molecule has 3 heterocycles. The molecule has 2 aromatic carbocycles. The maximum atomic E-state index is 14.4. The summed E-state index contributed by atoms with van der Waals surface area (Å²) >= 11 is 0. The van der Waals surface area contributed by atoms with Crippen LogP contribution in [-0.4, -0.2) is 97.8 Å². The smallest absolute Gasteiger partial charge is 0.460 e. The lowest BCUT2D eigenvalue weighted by atomic mass is 9.91. The van der Waals surface area contributed by atoms with E-state index < -0.39 is 113 Å². The van der Waals surface area contributed by atoms with Crippen molar-refractivity contribution in [3.63, 3.8) is 0 Å². The third kappa shape index (κ3) is 11.1. The van der Waals surface area contributed by atoms with E-state index in [1.165, 1.54) is 35.2 Å². The van der Waals surface area contributed by atoms with Gasteiger partial charge in [0.25, 0.3) is 0 Å². The highest BCUT2D eigenvalue weighted by Crippen LogP contribution is 2.61. The van der Waals surface area contributed by atoms with Gasteiger partial charge in [0, 0.05) is 12.8 Å². The first-order valence-electron chi connectivity index (χ1n) is 19.1. The summed E-state index contributed by atoms with van der Waals surface area (Å²) < 4.78 is 227. The Morgan fingerprint density at radius 3 is 2.09 bits per heavy atom. The van der Waals surface area contributed by atoms with Crippen molar-refractivity contribution in [3.05, 3.63) is 78.6 Å². The van der Waals surface area contributed by atoms with Gasteiger partial charge in [-0.25, -0.2) is 9.55 Å². The van der Waals surface area contributed by atoms with E-state index in [2.05, 4.69) is 20.0 Å². The molecule has 1 aliphatic heterocycles. The number of rotatable bonds is 22. The van der Waals surface area contributed by atoms with Crippen LogP contribution < -0.4 is 15.3 Å². The van der Waals surface area contributed by atoms with Gasteiger partial charge in [-0.2, -0.15) is 76.5 Å². The molecular weight excluding hydrogens is 937 g/mol. The van der Waals surface area contributed by atoms with Crippen molar-refractivity contribution in [2.75, 3.05) is 18.9 Å². The number of carbonyl (C=O) groups is 1. The number of nitrogens with one attached hydrogen (secondary N) is 1. The first-order valence-corrected chi connectivity index (χ1v) is 20.6. The predicted octanol–water partition coefficient (Wildman–Crippen LogP) is 8.83. The molecule has 0 saturated carbocycles. The summed E-state index contributed by atoms with van der Waals surface area (Å²) in [6.07, 6.45) is -16.0. The van der Waals surface area contributed by atoms with Crippen LogP contribution in [0.25, 0.3) is 11.2 Å². The van der Waals surface area contributed by atoms with Crippen molar-refractivity contribution >= 4 is 30.7 Å². The average molecular weight is 975 g/mol. The van der Waals surface area contributed by atoms with Crippen molar-refractivity contribution in [1.29, 1.82) is 0 Å². The molecular formula is C37H37F14N6O7P. The molecule has 1 fully saturated rings. The summed E-state index contributed by atoms with van der Waals surface area (Å²) in [7, 11) is -4.70. The van der Waals surface area contributed by atoms with Crippen molar-refractivity contribution in [2.24, 2.45) is 0 Å². The van der Waals surface area contributed by atoms with Gasteiger partial charge in [-0.3, -0.25) is 13.9 Å². The van der Waals surface area contributed by atoms with Crippen LogP contribution in [0.2, 0.25) is 0 Å². The second-order valence-electron chi connectivity index (χ2n) is 14.5. The zero-order valence-electron chi connectivity index (χ0n) is 33.0. The number of aliphatic hydroxyl groups excluding tert-OH is 1. The number of aliphatic hydroxyl groups is 1. The fraction of sp³-hybridized carbons (Fsp3) is 0.514. The molecule has 4 N–H and O–H groups in total. The molecule has 5 rings (SSSR count). The van der Waals surface area contributed by atoms with Crippen LogP contribution in [-0.2, 0) is 29.8 Å². The third-order valence-corrected chi connectivity index (χ3v) is 11.4. The maximum absolute atomic E-state index is 14.4. The number of carbonyl (C=O) groups excluding carboxylic acids is 1. The number of hydrogen-bond acceptors (Lipinski definition) is 11. The van der Waals surface area contributed by atoms with E-state index >= 15 is 0 Å². The minimum absolute atomic E-state index is 0.0230. The Morgan fingerprint density at radius 2 is 1.46 bits per heavy atom. The highest BCUT2D eigenvalue weighted by molar-refractivity contribution is 7.52. The molecule has 0 amide bonds. The van der Waals surface area contributed by atoms with Gasteiger partial charge in [0.1, 0.15) is 24.1 Å². The van der Waals surface area contributed by atoms with Gasteiger partial charge in [0.15, 0.2) is 17.0 Å². The Labute approximate surface area is 358 Å². The van der Waals surface area contributed by atoms with Gasteiger partial charge < -0.3 is 24.8 Å². The third-order valence-electron chi connectivity index (χ3n) is 9.82. The number of unbranched alkanes of at least 4 members (excludes halogenated alkanes) is 3. The van der Waals surface area contributed by atoms with E-state index in [1.54, 1.807) is 36.4 Å². The van der Waals surface area contributed by atoms with Crippen LogP contribution in [0.4, 0.5) is 67.3 Å². The molecule has 1 saturated heterocycles. The van der Waals surface area contributed by atoms with Crippen LogP contribution in [0.5, 0.6) is 5.75 Å². The number of halogens is 14. The number of benzene rings is 2. The molecule has 2 aromatic heterocycles. The van der Waals surface area contributed by atoms with E-state index in [4.69, 9.17) is 24.3 Å². The number of nitrogens with two attached hydrogens (primary N) is 1. The fourth-order valence-corrected chi connectivity index (χ4v) is 7.80. The molecule has 28 heteroatoms. The van der Waals surface area contributed by atoms with Crippen LogP contribution in [0.3, 0.4) is 0 Å². The number of hydrogen-bond donors (Lipinski definition) is 3. The fourth-order valence-electron chi connectivity index (χ4n) is 6.30. The number of para-hydroxylation sites is 1. The van der Waals surface area contributed by atoms with Gasteiger partial charge >= 0.3 is 55.6 Å².